The van der Waals surface area contributed by atoms with Gasteiger partial charge in [0.1, 0.15) is 0 Å². The van der Waals surface area contributed by atoms with Crippen molar-refractivity contribution in [3.05, 3.63) is 0 Å². The minimum absolute atomic E-state index is 0.413. The second-order valence-corrected chi connectivity index (χ2v) is 7.45. The summed E-state index contributed by atoms with van der Waals surface area (Å²) in [4.78, 5) is 2.62. The third-order valence-electron chi connectivity index (χ3n) is 2.36. The van der Waals surface area contributed by atoms with E-state index in [1.54, 1.807) is 0 Å². The molecule has 0 saturated carbocycles. The number of likely N-dealkylation sites (tertiary alicyclic amines) is 1. The van der Waals surface area contributed by atoms with Crippen molar-refractivity contribution in [3.8, 4) is 0 Å². The van der Waals surface area contributed by atoms with Gasteiger partial charge in [-0.3, -0.25) is 0 Å². The van der Waals surface area contributed by atoms with Gasteiger partial charge >= 0.3 is 0 Å². The molecule has 1 nitrogen and oxygen atoms in total. The largest absolute Gasteiger partial charge is 0.302 e. The first kappa shape index (κ1) is 11.7. The highest BCUT2D eigenvalue weighted by atomic mass is 33.1. The average Bonchev–Trinajstić information content (AvgIpc) is 2.04. The quantitative estimate of drug-likeness (QED) is 0.668. The lowest BCUT2D eigenvalue weighted by Crippen LogP contribution is -2.39. The number of piperidine rings is 1. The molecule has 0 radical (unpaired) electrons. The van der Waals surface area contributed by atoms with Gasteiger partial charge in [-0.15, -0.1) is 0 Å². The normalized spacial score (nSPS) is 20.5. The third kappa shape index (κ3) is 4.61. The minimum Gasteiger partial charge on any atom is -0.302 e. The second kappa shape index (κ2) is 5.52. The molecular formula is C10H21NS2. The van der Waals surface area contributed by atoms with E-state index in [2.05, 4.69) is 25.0 Å². The Kier molecular flexibility index (Phi) is 4.98. The third-order valence-corrected chi connectivity index (χ3v) is 4.96. The van der Waals surface area contributed by atoms with Gasteiger partial charge in [0.15, 0.2) is 0 Å². The summed E-state index contributed by atoms with van der Waals surface area (Å²) in [5.41, 5.74) is 0. The maximum absolute atomic E-state index is 2.62. The Labute approximate surface area is 90.4 Å². The van der Waals surface area contributed by atoms with Crippen LogP contribution in [0.15, 0.2) is 0 Å². The number of nitrogens with zero attached hydrogens (tertiary/aromatic N) is 1. The van der Waals surface area contributed by atoms with Gasteiger partial charge in [-0.2, -0.15) is 0 Å². The zero-order valence-corrected chi connectivity index (χ0v) is 10.6. The summed E-state index contributed by atoms with van der Waals surface area (Å²) >= 11 is 0. The van der Waals surface area contributed by atoms with E-state index in [0.29, 0.717) is 4.75 Å². The minimum atomic E-state index is 0.413. The molecule has 1 heterocycles. The van der Waals surface area contributed by atoms with Crippen molar-refractivity contribution in [1.82, 2.24) is 4.90 Å². The lowest BCUT2D eigenvalue weighted by molar-refractivity contribution is 0.215. The molecule has 0 atom stereocenters. The summed E-state index contributed by atoms with van der Waals surface area (Å²) in [7, 11) is 3.89. The summed E-state index contributed by atoms with van der Waals surface area (Å²) < 4.78 is 0.413. The van der Waals surface area contributed by atoms with Crippen LogP contribution in [0.1, 0.15) is 33.1 Å². The summed E-state index contributed by atoms with van der Waals surface area (Å²) in [5, 5.41) is 0. The zero-order valence-electron chi connectivity index (χ0n) is 9.01. The van der Waals surface area contributed by atoms with Gasteiger partial charge in [-0.05, 0) is 46.0 Å². The van der Waals surface area contributed by atoms with Crippen LogP contribution in [-0.4, -0.2) is 35.5 Å². The molecule has 1 aliphatic rings. The smallest absolute Gasteiger partial charge is 0.0334 e. The van der Waals surface area contributed by atoms with E-state index in [-0.39, 0.29) is 0 Å². The molecular weight excluding hydrogens is 198 g/mol. The summed E-state index contributed by atoms with van der Waals surface area (Å²) in [5.74, 6) is 0. The molecule has 1 saturated heterocycles. The number of rotatable bonds is 4. The van der Waals surface area contributed by atoms with Crippen molar-refractivity contribution in [3.63, 3.8) is 0 Å². The van der Waals surface area contributed by atoms with E-state index in [1.165, 1.54) is 38.9 Å². The molecule has 0 aromatic carbocycles. The van der Waals surface area contributed by atoms with E-state index >= 15 is 0 Å². The molecule has 0 bridgehead atoms. The molecule has 78 valence electrons. The Balaban J connectivity index is 2.28. The van der Waals surface area contributed by atoms with Crippen molar-refractivity contribution < 1.29 is 0 Å². The highest BCUT2D eigenvalue weighted by Gasteiger charge is 2.23. The SMILES string of the molecule is CSSC(C)(C)CN1CCCCC1. The van der Waals surface area contributed by atoms with Crippen LogP contribution in [0.5, 0.6) is 0 Å². The van der Waals surface area contributed by atoms with Crippen molar-refractivity contribution in [1.29, 1.82) is 0 Å². The fraction of sp³-hybridized carbons (Fsp3) is 1.00. The van der Waals surface area contributed by atoms with Gasteiger partial charge in [0, 0.05) is 11.3 Å². The molecule has 0 aromatic heterocycles. The molecule has 0 aliphatic carbocycles. The van der Waals surface area contributed by atoms with Crippen LogP contribution in [-0.2, 0) is 0 Å². The molecule has 1 aliphatic heterocycles. The Morgan fingerprint density at radius 2 is 1.77 bits per heavy atom. The first-order valence-electron chi connectivity index (χ1n) is 5.08. The van der Waals surface area contributed by atoms with Crippen LogP contribution in [0, 0.1) is 0 Å². The number of hydrogen-bond acceptors (Lipinski definition) is 3. The van der Waals surface area contributed by atoms with E-state index in [0.717, 1.165) is 0 Å². The zero-order chi connectivity index (χ0) is 9.73. The monoisotopic (exact) mass is 219 g/mol. The Hall–Kier alpha value is 0.660. The molecule has 0 N–H and O–H groups in total. The predicted molar refractivity (Wildman–Crippen MR) is 65.5 cm³/mol. The molecule has 0 unspecified atom stereocenters. The molecule has 0 spiro atoms. The van der Waals surface area contributed by atoms with Gasteiger partial charge < -0.3 is 4.90 Å². The summed E-state index contributed by atoms with van der Waals surface area (Å²) in [6.07, 6.45) is 6.41. The van der Waals surface area contributed by atoms with E-state index in [9.17, 15) is 0 Å². The molecule has 0 amide bonds. The Morgan fingerprint density at radius 3 is 2.31 bits per heavy atom. The van der Waals surface area contributed by atoms with Gasteiger partial charge in [0.2, 0.25) is 0 Å². The van der Waals surface area contributed by atoms with Crippen LogP contribution < -0.4 is 0 Å². The van der Waals surface area contributed by atoms with Gasteiger partial charge in [-0.25, -0.2) is 0 Å². The van der Waals surface area contributed by atoms with Crippen LogP contribution in [0.25, 0.3) is 0 Å². The van der Waals surface area contributed by atoms with Crippen molar-refractivity contribution in [2.75, 3.05) is 25.9 Å². The molecule has 3 heteroatoms. The highest BCUT2D eigenvalue weighted by molar-refractivity contribution is 8.76. The highest BCUT2D eigenvalue weighted by Crippen LogP contribution is 2.34. The summed E-state index contributed by atoms with van der Waals surface area (Å²) in [6.45, 7) is 8.58. The first-order chi connectivity index (χ1) is 6.14. The van der Waals surface area contributed by atoms with Gasteiger partial charge in [0.05, 0.1) is 0 Å². The van der Waals surface area contributed by atoms with Crippen LogP contribution >= 0.6 is 21.6 Å². The average molecular weight is 219 g/mol. The fourth-order valence-electron chi connectivity index (χ4n) is 1.91. The fourth-order valence-corrected chi connectivity index (χ4v) is 4.11. The van der Waals surface area contributed by atoms with Crippen molar-refractivity contribution in [2.45, 2.75) is 37.9 Å². The molecule has 1 fully saturated rings. The lowest BCUT2D eigenvalue weighted by atomic mass is 10.1. The lowest BCUT2D eigenvalue weighted by Gasteiger charge is -2.33. The van der Waals surface area contributed by atoms with Gasteiger partial charge in [-0.1, -0.05) is 28.0 Å². The Morgan fingerprint density at radius 1 is 1.15 bits per heavy atom. The molecule has 13 heavy (non-hydrogen) atoms. The topological polar surface area (TPSA) is 3.24 Å². The van der Waals surface area contributed by atoms with E-state index in [4.69, 9.17) is 0 Å². The second-order valence-electron chi connectivity index (χ2n) is 4.35. The van der Waals surface area contributed by atoms with Crippen molar-refractivity contribution in [2.24, 2.45) is 0 Å². The van der Waals surface area contributed by atoms with E-state index < -0.39 is 0 Å². The van der Waals surface area contributed by atoms with Gasteiger partial charge in [0.25, 0.3) is 0 Å². The maximum Gasteiger partial charge on any atom is 0.0334 e. The van der Waals surface area contributed by atoms with Crippen LogP contribution in [0.2, 0.25) is 0 Å². The molecule has 1 rings (SSSR count). The van der Waals surface area contributed by atoms with Crippen molar-refractivity contribution >= 4 is 21.6 Å². The molecule has 0 aromatic rings. The maximum atomic E-state index is 2.62. The standard InChI is InChI=1S/C10H21NS2/c1-10(2,13-12-3)9-11-7-5-4-6-8-11/h4-9H2,1-3H3. The van der Waals surface area contributed by atoms with Crippen LogP contribution in [0.4, 0.5) is 0 Å². The summed E-state index contributed by atoms with van der Waals surface area (Å²) in [6, 6.07) is 0. The first-order valence-corrected chi connectivity index (χ1v) is 7.64. The Bertz CT molecular complexity index is 142. The van der Waals surface area contributed by atoms with E-state index in [1.807, 2.05) is 21.6 Å². The van der Waals surface area contributed by atoms with Crippen LogP contribution in [0.3, 0.4) is 0 Å². The predicted octanol–water partition coefficient (Wildman–Crippen LogP) is 3.26. The number of hydrogen-bond donors (Lipinski definition) is 0.